The zero-order valence-corrected chi connectivity index (χ0v) is 10.9. The van der Waals surface area contributed by atoms with E-state index in [2.05, 4.69) is 19.0 Å². The lowest BCUT2D eigenvalue weighted by molar-refractivity contribution is 1.11. The number of hydrogen-bond donors (Lipinski definition) is 1. The van der Waals surface area contributed by atoms with E-state index in [0.717, 1.165) is 22.3 Å². The summed E-state index contributed by atoms with van der Waals surface area (Å²) < 4.78 is 8.37. The number of aromatic nitrogens is 3. The number of anilines is 1. The van der Waals surface area contributed by atoms with Gasteiger partial charge in [-0.25, -0.2) is 4.98 Å². The third kappa shape index (κ3) is 2.27. The van der Waals surface area contributed by atoms with E-state index in [0.29, 0.717) is 11.7 Å². The first-order valence-electron chi connectivity index (χ1n) is 5.38. The lowest BCUT2D eigenvalue weighted by Crippen LogP contribution is -2.00. The molecule has 0 aliphatic carbocycles. The topological polar surface area (TPSA) is 50.7 Å². The van der Waals surface area contributed by atoms with Gasteiger partial charge in [-0.15, -0.1) is 0 Å². The number of rotatable bonds is 3. The monoisotopic (exact) mass is 276 g/mol. The van der Waals surface area contributed by atoms with E-state index in [1.165, 1.54) is 11.7 Å². The summed E-state index contributed by atoms with van der Waals surface area (Å²) in [6.07, 6.45) is 1.68. The number of pyridine rings is 1. The first kappa shape index (κ1) is 11.4. The van der Waals surface area contributed by atoms with E-state index in [-0.39, 0.29) is 0 Å². The van der Waals surface area contributed by atoms with Crippen LogP contribution in [-0.4, -0.2) is 13.7 Å². The third-order valence-electron chi connectivity index (χ3n) is 2.57. The molecule has 4 nitrogen and oxygen atoms in total. The predicted molar refractivity (Wildman–Crippen MR) is 74.0 cm³/mol. The van der Waals surface area contributed by atoms with E-state index in [1.54, 1.807) is 6.20 Å². The lowest BCUT2D eigenvalue weighted by Gasteiger charge is -2.07. The molecule has 18 heavy (non-hydrogen) atoms. The molecule has 0 saturated heterocycles. The van der Waals surface area contributed by atoms with Crippen LogP contribution >= 0.6 is 23.3 Å². The third-order valence-corrected chi connectivity index (χ3v) is 3.47. The summed E-state index contributed by atoms with van der Waals surface area (Å²) in [5, 5.41) is 3.83. The minimum absolute atomic E-state index is 0.529. The Kier molecular flexibility index (Phi) is 3.08. The van der Waals surface area contributed by atoms with Crippen molar-refractivity contribution in [3.05, 3.63) is 47.2 Å². The van der Waals surface area contributed by atoms with Gasteiger partial charge >= 0.3 is 0 Å². The van der Waals surface area contributed by atoms with Gasteiger partial charge in [0, 0.05) is 24.0 Å². The molecule has 0 aliphatic heterocycles. The largest absolute Gasteiger partial charge is 0.381 e. The Morgan fingerprint density at radius 3 is 2.94 bits per heavy atom. The van der Waals surface area contributed by atoms with Crippen molar-refractivity contribution < 1.29 is 0 Å². The lowest BCUT2D eigenvalue weighted by atomic mass is 10.2. The summed E-state index contributed by atoms with van der Waals surface area (Å²) >= 11 is 7.22. The van der Waals surface area contributed by atoms with E-state index in [1.807, 2.05) is 30.3 Å². The fourth-order valence-electron chi connectivity index (χ4n) is 1.64. The zero-order valence-electron chi connectivity index (χ0n) is 9.30. The van der Waals surface area contributed by atoms with Crippen LogP contribution in [-0.2, 0) is 6.54 Å². The summed E-state index contributed by atoms with van der Waals surface area (Å²) in [7, 11) is 0. The van der Waals surface area contributed by atoms with Gasteiger partial charge in [0.1, 0.15) is 16.2 Å². The van der Waals surface area contributed by atoms with Crippen LogP contribution in [0.5, 0.6) is 0 Å². The van der Waals surface area contributed by atoms with Crippen molar-refractivity contribution in [3.8, 4) is 0 Å². The zero-order chi connectivity index (χ0) is 12.4. The van der Waals surface area contributed by atoms with Crippen LogP contribution in [0.4, 0.5) is 5.69 Å². The Hall–Kier alpha value is -1.72. The van der Waals surface area contributed by atoms with Gasteiger partial charge in [0.15, 0.2) is 0 Å². The molecule has 6 heteroatoms. The number of benzene rings is 1. The molecule has 0 saturated carbocycles. The van der Waals surface area contributed by atoms with E-state index in [4.69, 9.17) is 11.6 Å². The quantitative estimate of drug-likeness (QED) is 0.746. The maximum atomic E-state index is 6.00. The van der Waals surface area contributed by atoms with Gasteiger partial charge in [0.25, 0.3) is 0 Å². The molecule has 90 valence electrons. The van der Waals surface area contributed by atoms with Gasteiger partial charge < -0.3 is 5.32 Å². The SMILES string of the molecule is Clc1ncccc1CNc1ccc2nsnc2c1. The molecule has 1 N–H and O–H groups in total. The molecule has 0 bridgehead atoms. The van der Waals surface area contributed by atoms with Crippen molar-refractivity contribution in [2.24, 2.45) is 0 Å². The normalized spacial score (nSPS) is 10.7. The van der Waals surface area contributed by atoms with Crippen LogP contribution in [0.3, 0.4) is 0 Å². The molecule has 0 radical (unpaired) electrons. The fraction of sp³-hybridized carbons (Fsp3) is 0.0833. The second-order valence-corrected chi connectivity index (χ2v) is 4.66. The summed E-state index contributed by atoms with van der Waals surface area (Å²) in [4.78, 5) is 4.04. The summed E-state index contributed by atoms with van der Waals surface area (Å²) in [5.74, 6) is 0. The molecule has 0 spiro atoms. The van der Waals surface area contributed by atoms with E-state index >= 15 is 0 Å². The highest BCUT2D eigenvalue weighted by Crippen LogP contribution is 2.19. The molecule has 0 atom stereocenters. The van der Waals surface area contributed by atoms with Gasteiger partial charge in [0.05, 0.1) is 11.7 Å². The average Bonchev–Trinajstić information content (AvgIpc) is 2.85. The summed E-state index contributed by atoms with van der Waals surface area (Å²) in [6.45, 7) is 0.635. The second kappa shape index (κ2) is 4.88. The Morgan fingerprint density at radius 2 is 2.06 bits per heavy atom. The summed E-state index contributed by atoms with van der Waals surface area (Å²) in [5.41, 5.74) is 3.79. The molecular formula is C12H9ClN4S. The highest BCUT2D eigenvalue weighted by Gasteiger charge is 2.02. The highest BCUT2D eigenvalue weighted by atomic mass is 35.5. The van der Waals surface area contributed by atoms with Crippen molar-refractivity contribution in [2.75, 3.05) is 5.32 Å². The van der Waals surface area contributed by atoms with Crippen LogP contribution in [0.1, 0.15) is 5.56 Å². The Balaban J connectivity index is 1.78. The predicted octanol–water partition coefficient (Wildman–Crippen LogP) is 3.35. The van der Waals surface area contributed by atoms with Crippen LogP contribution in [0.15, 0.2) is 36.5 Å². The minimum Gasteiger partial charge on any atom is -0.381 e. The van der Waals surface area contributed by atoms with Crippen molar-refractivity contribution >= 4 is 40.0 Å². The molecule has 0 fully saturated rings. The average molecular weight is 277 g/mol. The number of nitrogens with zero attached hydrogens (tertiary/aromatic N) is 3. The van der Waals surface area contributed by atoms with E-state index in [9.17, 15) is 0 Å². The first-order chi connectivity index (χ1) is 8.83. The molecule has 3 aromatic rings. The van der Waals surface area contributed by atoms with Crippen molar-refractivity contribution in [1.82, 2.24) is 13.7 Å². The maximum Gasteiger partial charge on any atom is 0.133 e. The standard InChI is InChI=1S/C12H9ClN4S/c13-12-8(2-1-5-14-12)7-15-9-3-4-10-11(6-9)17-18-16-10/h1-6,15H,7H2. The molecule has 1 aromatic carbocycles. The van der Waals surface area contributed by atoms with Crippen LogP contribution in [0.25, 0.3) is 11.0 Å². The van der Waals surface area contributed by atoms with Gasteiger partial charge in [-0.1, -0.05) is 17.7 Å². The molecule has 2 aromatic heterocycles. The molecule has 3 rings (SSSR count). The second-order valence-electron chi connectivity index (χ2n) is 3.77. The van der Waals surface area contributed by atoms with Crippen molar-refractivity contribution in [2.45, 2.75) is 6.54 Å². The number of hydrogen-bond acceptors (Lipinski definition) is 5. The molecule has 2 heterocycles. The van der Waals surface area contributed by atoms with Gasteiger partial charge in [-0.05, 0) is 24.3 Å². The van der Waals surface area contributed by atoms with Crippen molar-refractivity contribution in [3.63, 3.8) is 0 Å². The summed E-state index contributed by atoms with van der Waals surface area (Å²) in [6, 6.07) is 9.73. The maximum absolute atomic E-state index is 6.00. The minimum atomic E-state index is 0.529. The van der Waals surface area contributed by atoms with Crippen LogP contribution in [0, 0.1) is 0 Å². The Labute approximate surface area is 113 Å². The van der Waals surface area contributed by atoms with Crippen molar-refractivity contribution in [1.29, 1.82) is 0 Å². The van der Waals surface area contributed by atoms with Crippen LogP contribution < -0.4 is 5.32 Å². The Morgan fingerprint density at radius 1 is 1.17 bits per heavy atom. The number of halogens is 1. The van der Waals surface area contributed by atoms with Gasteiger partial charge in [-0.2, -0.15) is 8.75 Å². The van der Waals surface area contributed by atoms with Crippen LogP contribution in [0.2, 0.25) is 5.15 Å². The Bertz CT molecular complexity index is 682. The highest BCUT2D eigenvalue weighted by molar-refractivity contribution is 7.00. The molecular weight excluding hydrogens is 268 g/mol. The first-order valence-corrected chi connectivity index (χ1v) is 6.49. The smallest absolute Gasteiger partial charge is 0.133 e. The fourth-order valence-corrected chi connectivity index (χ4v) is 2.34. The molecule has 0 amide bonds. The number of fused-ring (bicyclic) bond motifs is 1. The number of nitrogens with one attached hydrogen (secondary N) is 1. The van der Waals surface area contributed by atoms with Gasteiger partial charge in [0.2, 0.25) is 0 Å². The van der Waals surface area contributed by atoms with Gasteiger partial charge in [-0.3, -0.25) is 0 Å². The van der Waals surface area contributed by atoms with E-state index < -0.39 is 0 Å². The molecule has 0 unspecified atom stereocenters. The molecule has 0 aliphatic rings.